The zero-order chi connectivity index (χ0) is 14.4. The quantitative estimate of drug-likeness (QED) is 0.880. The van der Waals surface area contributed by atoms with E-state index in [4.69, 9.17) is 11.6 Å². The van der Waals surface area contributed by atoms with Gasteiger partial charge in [0.1, 0.15) is 0 Å². The van der Waals surface area contributed by atoms with E-state index in [-0.39, 0.29) is 12.3 Å². The lowest BCUT2D eigenvalue weighted by Gasteiger charge is -2.14. The van der Waals surface area contributed by atoms with Gasteiger partial charge in [-0.15, -0.1) is 0 Å². The first-order valence-corrected chi connectivity index (χ1v) is 6.98. The van der Waals surface area contributed by atoms with Gasteiger partial charge in [0.2, 0.25) is 0 Å². The lowest BCUT2D eigenvalue weighted by molar-refractivity contribution is -0.137. The highest BCUT2D eigenvalue weighted by atomic mass is 35.5. The molecule has 1 atom stereocenters. The van der Waals surface area contributed by atoms with Crippen LogP contribution in [0.25, 0.3) is 11.1 Å². The van der Waals surface area contributed by atoms with Crippen LogP contribution in [-0.2, 0) is 4.79 Å². The molecular formula is C17H15ClO2. The average Bonchev–Trinajstić information content (AvgIpc) is 2.63. The Morgan fingerprint density at radius 2 is 1.95 bits per heavy atom. The van der Waals surface area contributed by atoms with Crippen LogP contribution in [0.15, 0.2) is 30.3 Å². The number of carboxylic acids is 1. The van der Waals surface area contributed by atoms with Crippen LogP contribution in [0.1, 0.15) is 34.6 Å². The van der Waals surface area contributed by atoms with Crippen LogP contribution in [0.2, 0.25) is 5.02 Å². The van der Waals surface area contributed by atoms with Gasteiger partial charge in [-0.3, -0.25) is 4.79 Å². The van der Waals surface area contributed by atoms with E-state index in [2.05, 4.69) is 19.1 Å². The third-order valence-electron chi connectivity index (χ3n) is 3.94. The largest absolute Gasteiger partial charge is 0.481 e. The molecule has 1 aliphatic rings. The lowest BCUT2D eigenvalue weighted by atomic mass is 9.90. The normalized spacial score (nSPS) is 15.8. The standard InChI is InChI=1S/C17H15ClO2/c1-9-5-10(2)17-14(6-9)12-4-3-11(18)7-13(12)15(17)8-16(19)20/h3-7,15H,8H2,1-2H3,(H,19,20). The van der Waals surface area contributed by atoms with E-state index >= 15 is 0 Å². The van der Waals surface area contributed by atoms with E-state index in [0.717, 1.165) is 27.8 Å². The summed E-state index contributed by atoms with van der Waals surface area (Å²) in [5.74, 6) is -0.884. The maximum absolute atomic E-state index is 11.2. The van der Waals surface area contributed by atoms with E-state index < -0.39 is 5.97 Å². The Bertz CT molecular complexity index is 719. The Kier molecular flexibility index (Phi) is 3.06. The third kappa shape index (κ3) is 2.01. The predicted molar refractivity (Wildman–Crippen MR) is 80.5 cm³/mol. The molecule has 102 valence electrons. The first-order chi connectivity index (χ1) is 9.47. The van der Waals surface area contributed by atoms with E-state index in [0.29, 0.717) is 5.02 Å². The van der Waals surface area contributed by atoms with Crippen LogP contribution in [0.3, 0.4) is 0 Å². The van der Waals surface area contributed by atoms with E-state index in [9.17, 15) is 9.90 Å². The molecule has 0 heterocycles. The third-order valence-corrected chi connectivity index (χ3v) is 4.17. The molecule has 0 saturated carbocycles. The molecule has 2 aromatic carbocycles. The van der Waals surface area contributed by atoms with Crippen LogP contribution in [-0.4, -0.2) is 11.1 Å². The van der Waals surface area contributed by atoms with Crippen molar-refractivity contribution >= 4 is 17.6 Å². The molecule has 2 aromatic rings. The summed E-state index contributed by atoms with van der Waals surface area (Å²) >= 11 is 6.09. The van der Waals surface area contributed by atoms with Gasteiger partial charge in [0.05, 0.1) is 6.42 Å². The number of carboxylic acid groups (broad SMARTS) is 1. The number of hydrogen-bond acceptors (Lipinski definition) is 1. The number of benzene rings is 2. The van der Waals surface area contributed by atoms with Crippen LogP contribution in [0.5, 0.6) is 0 Å². The van der Waals surface area contributed by atoms with E-state index in [1.54, 1.807) is 0 Å². The fourth-order valence-corrected chi connectivity index (χ4v) is 3.45. The second-order valence-electron chi connectivity index (χ2n) is 5.43. The minimum atomic E-state index is -0.784. The zero-order valence-corrected chi connectivity index (χ0v) is 12.2. The summed E-state index contributed by atoms with van der Waals surface area (Å²) in [5.41, 5.74) is 6.78. The molecule has 1 unspecified atom stereocenters. The van der Waals surface area contributed by atoms with Gasteiger partial charge in [-0.05, 0) is 53.8 Å². The van der Waals surface area contributed by atoms with Crippen molar-refractivity contribution in [3.63, 3.8) is 0 Å². The van der Waals surface area contributed by atoms with Crippen molar-refractivity contribution in [3.05, 3.63) is 57.6 Å². The van der Waals surface area contributed by atoms with Crippen LogP contribution < -0.4 is 0 Å². The van der Waals surface area contributed by atoms with Crippen molar-refractivity contribution in [1.29, 1.82) is 0 Å². The number of halogens is 1. The summed E-state index contributed by atoms with van der Waals surface area (Å²) in [7, 11) is 0. The highest BCUT2D eigenvalue weighted by molar-refractivity contribution is 6.30. The fraction of sp³-hybridized carbons (Fsp3) is 0.235. The second-order valence-corrected chi connectivity index (χ2v) is 5.86. The van der Waals surface area contributed by atoms with Gasteiger partial charge >= 0.3 is 5.97 Å². The van der Waals surface area contributed by atoms with Gasteiger partial charge in [0.25, 0.3) is 0 Å². The number of rotatable bonds is 2. The smallest absolute Gasteiger partial charge is 0.304 e. The van der Waals surface area contributed by atoms with Crippen molar-refractivity contribution in [1.82, 2.24) is 0 Å². The fourth-order valence-electron chi connectivity index (χ4n) is 3.27. The maximum atomic E-state index is 11.2. The molecule has 2 nitrogen and oxygen atoms in total. The van der Waals surface area contributed by atoms with Gasteiger partial charge in [-0.1, -0.05) is 35.4 Å². The summed E-state index contributed by atoms with van der Waals surface area (Å²) in [4.78, 5) is 11.2. The molecule has 0 bridgehead atoms. The maximum Gasteiger partial charge on any atom is 0.304 e. The number of carbonyl (C=O) groups is 1. The van der Waals surface area contributed by atoms with Gasteiger partial charge < -0.3 is 5.11 Å². The number of fused-ring (bicyclic) bond motifs is 3. The first kappa shape index (κ1) is 13.2. The van der Waals surface area contributed by atoms with Gasteiger partial charge in [-0.25, -0.2) is 0 Å². The molecule has 0 aromatic heterocycles. The summed E-state index contributed by atoms with van der Waals surface area (Å²) < 4.78 is 0. The number of aryl methyl sites for hydroxylation is 2. The lowest BCUT2D eigenvalue weighted by Crippen LogP contribution is -2.06. The number of hydrogen-bond donors (Lipinski definition) is 1. The van der Waals surface area contributed by atoms with Crippen molar-refractivity contribution in [2.75, 3.05) is 0 Å². The average molecular weight is 287 g/mol. The Morgan fingerprint density at radius 1 is 1.20 bits per heavy atom. The highest BCUT2D eigenvalue weighted by Crippen LogP contribution is 2.48. The summed E-state index contributed by atoms with van der Waals surface area (Å²) in [5, 5.41) is 9.86. The van der Waals surface area contributed by atoms with Gasteiger partial charge in [-0.2, -0.15) is 0 Å². The molecule has 0 amide bonds. The molecule has 1 aliphatic carbocycles. The Hall–Kier alpha value is -1.80. The van der Waals surface area contributed by atoms with Crippen LogP contribution >= 0.6 is 11.6 Å². The topological polar surface area (TPSA) is 37.3 Å². The van der Waals surface area contributed by atoms with Crippen molar-refractivity contribution in [2.45, 2.75) is 26.2 Å². The molecule has 3 rings (SSSR count). The van der Waals surface area contributed by atoms with E-state index in [1.165, 1.54) is 5.56 Å². The molecule has 3 heteroatoms. The Balaban J connectivity index is 2.28. The van der Waals surface area contributed by atoms with Crippen LogP contribution in [0, 0.1) is 13.8 Å². The summed E-state index contributed by atoms with van der Waals surface area (Å²) in [6, 6.07) is 10.0. The zero-order valence-electron chi connectivity index (χ0n) is 11.4. The SMILES string of the molecule is Cc1cc(C)c2c(c1)-c1ccc(Cl)cc1C2CC(=O)O. The van der Waals surface area contributed by atoms with Crippen LogP contribution in [0.4, 0.5) is 0 Å². The van der Waals surface area contributed by atoms with Crippen molar-refractivity contribution < 1.29 is 9.90 Å². The van der Waals surface area contributed by atoms with Gasteiger partial charge in [0.15, 0.2) is 0 Å². The highest BCUT2D eigenvalue weighted by Gasteiger charge is 2.31. The second kappa shape index (κ2) is 4.64. The molecule has 0 radical (unpaired) electrons. The van der Waals surface area contributed by atoms with Gasteiger partial charge in [0, 0.05) is 10.9 Å². The monoisotopic (exact) mass is 286 g/mol. The minimum absolute atomic E-state index is 0.100. The van der Waals surface area contributed by atoms with E-state index in [1.807, 2.05) is 25.1 Å². The van der Waals surface area contributed by atoms with Crippen molar-refractivity contribution in [3.8, 4) is 11.1 Å². The summed E-state index contributed by atoms with van der Waals surface area (Å²) in [6.07, 6.45) is 0.101. The molecule has 1 N–H and O–H groups in total. The Labute approximate surface area is 123 Å². The predicted octanol–water partition coefficient (Wildman–Crippen LogP) is 4.54. The molecule has 0 saturated heterocycles. The molecular weight excluding hydrogens is 272 g/mol. The Morgan fingerprint density at radius 3 is 2.65 bits per heavy atom. The minimum Gasteiger partial charge on any atom is -0.481 e. The molecule has 0 aliphatic heterocycles. The molecule has 20 heavy (non-hydrogen) atoms. The first-order valence-electron chi connectivity index (χ1n) is 6.60. The molecule has 0 fully saturated rings. The number of aliphatic carboxylic acids is 1. The van der Waals surface area contributed by atoms with Crippen molar-refractivity contribution in [2.24, 2.45) is 0 Å². The summed E-state index contributed by atoms with van der Waals surface area (Å²) in [6.45, 7) is 4.11. The molecule has 0 spiro atoms.